The number of halogens is 1. The van der Waals surface area contributed by atoms with Gasteiger partial charge < -0.3 is 19.9 Å². The van der Waals surface area contributed by atoms with Crippen LogP contribution in [0.5, 0.6) is 11.5 Å². The second-order valence-corrected chi connectivity index (χ2v) is 5.87. The van der Waals surface area contributed by atoms with Crippen LogP contribution in [0.1, 0.15) is 5.56 Å². The van der Waals surface area contributed by atoms with Gasteiger partial charge in [0.15, 0.2) is 0 Å². The number of aliphatic carboxylic acids is 1. The van der Waals surface area contributed by atoms with Gasteiger partial charge >= 0.3 is 5.97 Å². The van der Waals surface area contributed by atoms with Crippen LogP contribution in [-0.2, 0) is 15.3 Å². The number of benzene rings is 1. The summed E-state index contributed by atoms with van der Waals surface area (Å²) in [7, 11) is 3.13. The highest BCUT2D eigenvalue weighted by Gasteiger charge is 2.17. The molecule has 0 heterocycles. The topological polar surface area (TPSA) is 84.9 Å². The Balaban J connectivity index is 2.74. The van der Waals surface area contributed by atoms with Crippen LogP contribution >= 0.6 is 27.7 Å². The largest absolute Gasteiger partial charge is 0.496 e. The highest BCUT2D eigenvalue weighted by atomic mass is 79.9. The lowest BCUT2D eigenvalue weighted by atomic mass is 10.2. The van der Waals surface area contributed by atoms with Crippen molar-refractivity contribution in [3.05, 3.63) is 22.2 Å². The van der Waals surface area contributed by atoms with Gasteiger partial charge in [0.25, 0.3) is 0 Å². The second kappa shape index (κ2) is 8.78. The summed E-state index contributed by atoms with van der Waals surface area (Å²) in [4.78, 5) is 21.3. The molecule has 0 bridgehead atoms. The Kier molecular flexibility index (Phi) is 7.38. The van der Waals surface area contributed by atoms with Gasteiger partial charge in [-0.05, 0) is 28.1 Å². The monoisotopic (exact) mass is 377 g/mol. The number of carbonyl (C=O) groups excluding carboxylic acids is 1. The quantitative estimate of drug-likeness (QED) is 0.639. The highest BCUT2D eigenvalue weighted by molar-refractivity contribution is 9.10. The zero-order valence-electron chi connectivity index (χ0n) is 11.6. The van der Waals surface area contributed by atoms with Crippen LogP contribution in [0.25, 0.3) is 0 Å². The Bertz CT molecular complexity index is 512. The van der Waals surface area contributed by atoms with Crippen molar-refractivity contribution in [3.8, 4) is 11.5 Å². The molecule has 1 rings (SSSR count). The molecule has 0 aliphatic rings. The van der Waals surface area contributed by atoms with E-state index in [4.69, 9.17) is 14.6 Å². The molecule has 1 aromatic rings. The SMILES string of the molecule is COc1cc(CSCC(NC=O)C(=O)O)c(OC)cc1Br. The maximum Gasteiger partial charge on any atom is 0.327 e. The number of ether oxygens (including phenoxy) is 2. The Morgan fingerprint density at radius 2 is 2.10 bits per heavy atom. The summed E-state index contributed by atoms with van der Waals surface area (Å²) in [5, 5.41) is 11.2. The number of hydrogen-bond donors (Lipinski definition) is 2. The molecule has 0 fully saturated rings. The van der Waals surface area contributed by atoms with Crippen LogP contribution in [0.2, 0.25) is 0 Å². The first kappa shape index (κ1) is 17.6. The molecule has 0 aromatic heterocycles. The predicted molar refractivity (Wildman–Crippen MR) is 84.0 cm³/mol. The van der Waals surface area contributed by atoms with Crippen molar-refractivity contribution >= 4 is 40.1 Å². The van der Waals surface area contributed by atoms with Crippen LogP contribution in [0.15, 0.2) is 16.6 Å². The third-order valence-electron chi connectivity index (χ3n) is 2.66. The molecule has 0 radical (unpaired) electrons. The molecule has 21 heavy (non-hydrogen) atoms. The van der Waals surface area contributed by atoms with E-state index in [0.717, 1.165) is 10.0 Å². The number of thioether (sulfide) groups is 1. The molecule has 1 atom stereocenters. The van der Waals surface area contributed by atoms with Crippen LogP contribution in [0, 0.1) is 0 Å². The van der Waals surface area contributed by atoms with Crippen molar-refractivity contribution < 1.29 is 24.2 Å². The van der Waals surface area contributed by atoms with Gasteiger partial charge in [0.1, 0.15) is 17.5 Å². The number of carbonyl (C=O) groups is 2. The van der Waals surface area contributed by atoms with E-state index in [9.17, 15) is 9.59 Å². The maximum absolute atomic E-state index is 10.9. The smallest absolute Gasteiger partial charge is 0.327 e. The minimum absolute atomic E-state index is 0.260. The number of carboxylic acids is 1. The zero-order chi connectivity index (χ0) is 15.8. The first-order chi connectivity index (χ1) is 10.0. The van der Waals surface area contributed by atoms with E-state index in [0.29, 0.717) is 23.7 Å². The van der Waals surface area contributed by atoms with E-state index >= 15 is 0 Å². The summed E-state index contributed by atoms with van der Waals surface area (Å²) >= 11 is 4.76. The predicted octanol–water partition coefficient (Wildman–Crippen LogP) is 1.90. The van der Waals surface area contributed by atoms with Gasteiger partial charge in [0.2, 0.25) is 6.41 Å². The van der Waals surface area contributed by atoms with E-state index in [1.165, 1.54) is 11.8 Å². The molecular formula is C13H16BrNO5S. The number of rotatable bonds is 9. The summed E-state index contributed by atoms with van der Waals surface area (Å²) in [5.74, 6) is 1.10. The van der Waals surface area contributed by atoms with Crippen molar-refractivity contribution in [2.75, 3.05) is 20.0 Å². The molecule has 2 N–H and O–H groups in total. The lowest BCUT2D eigenvalue weighted by Gasteiger charge is -2.14. The number of hydrogen-bond acceptors (Lipinski definition) is 5. The van der Waals surface area contributed by atoms with E-state index in [1.807, 2.05) is 6.07 Å². The van der Waals surface area contributed by atoms with E-state index < -0.39 is 12.0 Å². The van der Waals surface area contributed by atoms with Crippen LogP contribution in [0.4, 0.5) is 0 Å². The van der Waals surface area contributed by atoms with Crippen LogP contribution in [-0.4, -0.2) is 43.5 Å². The van der Waals surface area contributed by atoms with Crippen molar-refractivity contribution in [2.45, 2.75) is 11.8 Å². The Labute approximate surface area is 135 Å². The molecule has 0 saturated carbocycles. The fraction of sp³-hybridized carbons (Fsp3) is 0.385. The molecule has 1 amide bonds. The average Bonchev–Trinajstić information content (AvgIpc) is 2.47. The van der Waals surface area contributed by atoms with E-state index in [-0.39, 0.29) is 5.75 Å². The molecule has 1 unspecified atom stereocenters. The van der Waals surface area contributed by atoms with Crippen molar-refractivity contribution in [1.29, 1.82) is 0 Å². The Hall–Kier alpha value is -1.41. The van der Waals surface area contributed by atoms with Crippen molar-refractivity contribution in [1.82, 2.24) is 5.32 Å². The molecular weight excluding hydrogens is 362 g/mol. The molecule has 8 heteroatoms. The molecule has 0 saturated heterocycles. The Morgan fingerprint density at radius 1 is 1.43 bits per heavy atom. The van der Waals surface area contributed by atoms with Crippen LogP contribution < -0.4 is 14.8 Å². The summed E-state index contributed by atoms with van der Waals surface area (Å²) < 4.78 is 11.3. The number of methoxy groups -OCH3 is 2. The minimum atomic E-state index is -1.06. The second-order valence-electron chi connectivity index (χ2n) is 3.99. The summed E-state index contributed by atoms with van der Waals surface area (Å²) in [6.45, 7) is 0. The average molecular weight is 378 g/mol. The third kappa shape index (κ3) is 5.13. The molecule has 116 valence electrons. The summed E-state index contributed by atoms with van der Waals surface area (Å²) in [5.41, 5.74) is 0.887. The zero-order valence-corrected chi connectivity index (χ0v) is 14.0. The van der Waals surface area contributed by atoms with Gasteiger partial charge in [-0.1, -0.05) is 0 Å². The van der Waals surface area contributed by atoms with Gasteiger partial charge in [0.05, 0.1) is 18.7 Å². The van der Waals surface area contributed by atoms with Crippen molar-refractivity contribution in [3.63, 3.8) is 0 Å². The van der Waals surface area contributed by atoms with Gasteiger partial charge in [-0.3, -0.25) is 4.79 Å². The Morgan fingerprint density at radius 3 is 2.62 bits per heavy atom. The van der Waals surface area contributed by atoms with E-state index in [1.54, 1.807) is 20.3 Å². The number of amides is 1. The standard InChI is InChI=1S/C13H16BrNO5S/c1-19-11-4-9(14)12(20-2)3-8(11)5-21-6-10(13(17)18)15-7-16/h3-4,7,10H,5-6H2,1-2H3,(H,15,16)(H,17,18). The third-order valence-corrected chi connectivity index (χ3v) is 4.37. The summed E-state index contributed by atoms with van der Waals surface area (Å²) in [6, 6.07) is 2.72. The maximum atomic E-state index is 10.9. The van der Waals surface area contributed by atoms with Gasteiger partial charge in [-0.15, -0.1) is 0 Å². The number of carboxylic acid groups (broad SMARTS) is 1. The molecule has 1 aromatic carbocycles. The van der Waals surface area contributed by atoms with Crippen molar-refractivity contribution in [2.24, 2.45) is 0 Å². The molecule has 0 spiro atoms. The molecule has 6 nitrogen and oxygen atoms in total. The summed E-state index contributed by atoms with van der Waals surface area (Å²) in [6.07, 6.45) is 0.391. The highest BCUT2D eigenvalue weighted by Crippen LogP contribution is 2.34. The van der Waals surface area contributed by atoms with Gasteiger partial charge in [-0.25, -0.2) is 4.79 Å². The first-order valence-corrected chi connectivity index (χ1v) is 7.88. The lowest BCUT2D eigenvalue weighted by Crippen LogP contribution is -2.37. The number of nitrogens with one attached hydrogen (secondary N) is 1. The lowest BCUT2D eigenvalue weighted by molar-refractivity contribution is -0.139. The fourth-order valence-electron chi connectivity index (χ4n) is 1.60. The first-order valence-electron chi connectivity index (χ1n) is 5.94. The van der Waals surface area contributed by atoms with Gasteiger partial charge in [0, 0.05) is 17.1 Å². The van der Waals surface area contributed by atoms with E-state index in [2.05, 4.69) is 21.2 Å². The molecule has 0 aliphatic heterocycles. The minimum Gasteiger partial charge on any atom is -0.496 e. The van der Waals surface area contributed by atoms with Crippen LogP contribution in [0.3, 0.4) is 0 Å². The normalized spacial score (nSPS) is 11.6. The fourth-order valence-corrected chi connectivity index (χ4v) is 3.12. The van der Waals surface area contributed by atoms with Gasteiger partial charge in [-0.2, -0.15) is 11.8 Å². The molecule has 0 aliphatic carbocycles.